The van der Waals surface area contributed by atoms with Crippen LogP contribution in [0.15, 0.2) is 48.5 Å². The summed E-state index contributed by atoms with van der Waals surface area (Å²) in [5, 5.41) is 4.45. The second kappa shape index (κ2) is 6.12. The summed E-state index contributed by atoms with van der Waals surface area (Å²) in [7, 11) is 1.62. The van der Waals surface area contributed by atoms with E-state index in [2.05, 4.69) is 10.3 Å². The summed E-state index contributed by atoms with van der Waals surface area (Å²) < 4.78 is 5.17. The van der Waals surface area contributed by atoms with E-state index in [9.17, 15) is 4.79 Å². The Kier molecular flexibility index (Phi) is 4.02. The van der Waals surface area contributed by atoms with E-state index < -0.39 is 0 Å². The van der Waals surface area contributed by atoms with Crippen molar-refractivity contribution in [2.24, 2.45) is 0 Å². The smallest absolute Gasteiger partial charge is 0.267 e. The minimum absolute atomic E-state index is 0.157. The highest BCUT2D eigenvalue weighted by Gasteiger charge is 2.09. The highest BCUT2D eigenvalue weighted by molar-refractivity contribution is 6.31. The molecule has 0 spiro atoms. The average molecular weight is 315 g/mol. The van der Waals surface area contributed by atoms with Crippen LogP contribution in [0.25, 0.3) is 10.9 Å². The number of hydrogen-bond acceptors (Lipinski definition) is 2. The molecule has 2 N–H and O–H groups in total. The number of carbonyl (C=O) groups excluding carboxylic acids is 1. The first-order valence-electron chi connectivity index (χ1n) is 6.85. The first kappa shape index (κ1) is 14.5. The van der Waals surface area contributed by atoms with E-state index in [1.54, 1.807) is 19.2 Å². The van der Waals surface area contributed by atoms with Crippen molar-refractivity contribution in [3.8, 4) is 5.75 Å². The quantitative estimate of drug-likeness (QED) is 0.770. The monoisotopic (exact) mass is 314 g/mol. The van der Waals surface area contributed by atoms with E-state index in [0.29, 0.717) is 17.3 Å². The summed E-state index contributed by atoms with van der Waals surface area (Å²) in [6, 6.07) is 14.9. The molecular formula is C17H15ClN2O2. The Morgan fingerprint density at radius 3 is 2.91 bits per heavy atom. The van der Waals surface area contributed by atoms with Gasteiger partial charge in [-0.25, -0.2) is 0 Å². The van der Waals surface area contributed by atoms with Gasteiger partial charge in [0.15, 0.2) is 0 Å². The third kappa shape index (κ3) is 3.07. The van der Waals surface area contributed by atoms with Crippen molar-refractivity contribution in [3.63, 3.8) is 0 Å². The number of amides is 1. The van der Waals surface area contributed by atoms with Gasteiger partial charge in [-0.15, -0.1) is 0 Å². The number of hydrogen-bond donors (Lipinski definition) is 2. The number of ether oxygens (including phenoxy) is 1. The van der Waals surface area contributed by atoms with E-state index in [0.717, 1.165) is 22.2 Å². The molecule has 22 heavy (non-hydrogen) atoms. The molecule has 0 unspecified atom stereocenters. The number of fused-ring (bicyclic) bond motifs is 1. The number of rotatable bonds is 4. The molecule has 1 amide bonds. The lowest BCUT2D eigenvalue weighted by Gasteiger charge is -2.06. The predicted octanol–water partition coefficient (Wildman–Crippen LogP) is 3.76. The first-order valence-corrected chi connectivity index (χ1v) is 7.23. The van der Waals surface area contributed by atoms with Gasteiger partial charge in [0.25, 0.3) is 5.91 Å². The fourth-order valence-corrected chi connectivity index (χ4v) is 2.47. The Morgan fingerprint density at radius 1 is 1.23 bits per heavy atom. The van der Waals surface area contributed by atoms with E-state index in [-0.39, 0.29) is 5.91 Å². The largest absolute Gasteiger partial charge is 0.497 e. The van der Waals surface area contributed by atoms with Crippen molar-refractivity contribution in [1.82, 2.24) is 10.3 Å². The van der Waals surface area contributed by atoms with Gasteiger partial charge in [-0.1, -0.05) is 23.7 Å². The van der Waals surface area contributed by atoms with Gasteiger partial charge < -0.3 is 15.0 Å². The molecule has 112 valence electrons. The number of H-pyrrole nitrogens is 1. The molecular weight excluding hydrogens is 300 g/mol. The summed E-state index contributed by atoms with van der Waals surface area (Å²) in [4.78, 5) is 15.3. The number of nitrogens with one attached hydrogen (secondary N) is 2. The Morgan fingerprint density at radius 2 is 2.09 bits per heavy atom. The molecule has 0 bridgehead atoms. The second-order valence-electron chi connectivity index (χ2n) is 4.95. The summed E-state index contributed by atoms with van der Waals surface area (Å²) in [5.74, 6) is 0.613. The molecule has 0 aliphatic heterocycles. The highest BCUT2D eigenvalue weighted by Crippen LogP contribution is 2.20. The molecule has 3 aromatic rings. The zero-order chi connectivity index (χ0) is 15.5. The lowest BCUT2D eigenvalue weighted by molar-refractivity contribution is 0.0946. The minimum Gasteiger partial charge on any atom is -0.497 e. The third-order valence-corrected chi connectivity index (χ3v) is 3.65. The van der Waals surface area contributed by atoms with Gasteiger partial charge in [-0.2, -0.15) is 0 Å². The lowest BCUT2D eigenvalue weighted by Crippen LogP contribution is -2.23. The summed E-state index contributed by atoms with van der Waals surface area (Å²) in [6.45, 7) is 0.437. The molecule has 0 aliphatic rings. The number of aromatic amines is 1. The van der Waals surface area contributed by atoms with Gasteiger partial charge in [-0.05, 0) is 42.0 Å². The van der Waals surface area contributed by atoms with Crippen LogP contribution in [0.1, 0.15) is 16.1 Å². The second-order valence-corrected chi connectivity index (χ2v) is 5.39. The summed E-state index contributed by atoms with van der Waals surface area (Å²) in [6.07, 6.45) is 0. The molecule has 5 heteroatoms. The maximum absolute atomic E-state index is 12.2. The zero-order valence-corrected chi connectivity index (χ0v) is 12.8. The van der Waals surface area contributed by atoms with Crippen LogP contribution < -0.4 is 10.1 Å². The molecule has 0 saturated carbocycles. The molecule has 0 atom stereocenters. The molecule has 3 rings (SSSR count). The standard InChI is InChI=1S/C17H15ClN2O2/c1-22-14-4-2-3-11(7-14)10-19-17(21)16-9-12-8-13(18)5-6-15(12)20-16/h2-9,20H,10H2,1H3,(H,19,21). The fraction of sp³-hybridized carbons (Fsp3) is 0.118. The van der Waals surface area contributed by atoms with E-state index in [1.807, 2.05) is 36.4 Å². The van der Waals surface area contributed by atoms with Gasteiger partial charge in [0, 0.05) is 22.5 Å². The van der Waals surface area contributed by atoms with Crippen LogP contribution in [-0.2, 0) is 6.54 Å². The Balaban J connectivity index is 1.72. The van der Waals surface area contributed by atoms with Crippen LogP contribution in [0.3, 0.4) is 0 Å². The normalized spacial score (nSPS) is 10.6. The van der Waals surface area contributed by atoms with Crippen LogP contribution in [0.4, 0.5) is 0 Å². The number of aromatic nitrogens is 1. The van der Waals surface area contributed by atoms with E-state index in [4.69, 9.17) is 16.3 Å². The molecule has 1 heterocycles. The predicted molar refractivity (Wildman–Crippen MR) is 87.5 cm³/mol. The van der Waals surface area contributed by atoms with Gasteiger partial charge in [0.05, 0.1) is 7.11 Å². The Bertz CT molecular complexity index is 826. The van der Waals surface area contributed by atoms with E-state index >= 15 is 0 Å². The van der Waals surface area contributed by atoms with Crippen molar-refractivity contribution in [1.29, 1.82) is 0 Å². The lowest BCUT2D eigenvalue weighted by atomic mass is 10.2. The molecule has 0 aliphatic carbocycles. The molecule has 2 aromatic carbocycles. The topological polar surface area (TPSA) is 54.1 Å². The van der Waals surface area contributed by atoms with Crippen LogP contribution in [0, 0.1) is 0 Å². The van der Waals surface area contributed by atoms with Crippen LogP contribution >= 0.6 is 11.6 Å². The number of carbonyl (C=O) groups is 1. The molecule has 0 radical (unpaired) electrons. The van der Waals surface area contributed by atoms with E-state index in [1.165, 1.54) is 0 Å². The third-order valence-electron chi connectivity index (χ3n) is 3.41. The van der Waals surface area contributed by atoms with Gasteiger partial charge >= 0.3 is 0 Å². The van der Waals surface area contributed by atoms with Crippen molar-refractivity contribution in [2.75, 3.05) is 7.11 Å². The average Bonchev–Trinajstić information content (AvgIpc) is 2.96. The molecule has 4 nitrogen and oxygen atoms in total. The number of halogens is 1. The molecule has 0 fully saturated rings. The van der Waals surface area contributed by atoms with Crippen molar-refractivity contribution in [3.05, 3.63) is 64.8 Å². The van der Waals surface area contributed by atoms with Crippen molar-refractivity contribution in [2.45, 2.75) is 6.54 Å². The zero-order valence-electron chi connectivity index (χ0n) is 12.0. The van der Waals surface area contributed by atoms with Crippen molar-refractivity contribution >= 4 is 28.4 Å². The Labute approximate surface area is 133 Å². The number of methoxy groups -OCH3 is 1. The summed E-state index contributed by atoms with van der Waals surface area (Å²) >= 11 is 5.95. The van der Waals surface area contributed by atoms with Crippen LogP contribution in [0.2, 0.25) is 5.02 Å². The fourth-order valence-electron chi connectivity index (χ4n) is 2.29. The highest BCUT2D eigenvalue weighted by atomic mass is 35.5. The SMILES string of the molecule is COc1cccc(CNC(=O)c2cc3cc(Cl)ccc3[nH]2)c1. The Hall–Kier alpha value is -2.46. The maximum Gasteiger partial charge on any atom is 0.267 e. The first-order chi connectivity index (χ1) is 10.7. The van der Waals surface area contributed by atoms with Gasteiger partial charge in [0.1, 0.15) is 11.4 Å². The van der Waals surface area contributed by atoms with Crippen LogP contribution in [0.5, 0.6) is 5.75 Å². The van der Waals surface area contributed by atoms with Gasteiger partial charge in [-0.3, -0.25) is 4.79 Å². The molecule has 1 aromatic heterocycles. The van der Waals surface area contributed by atoms with Crippen LogP contribution in [-0.4, -0.2) is 18.0 Å². The van der Waals surface area contributed by atoms with Crippen molar-refractivity contribution < 1.29 is 9.53 Å². The minimum atomic E-state index is -0.157. The maximum atomic E-state index is 12.2. The number of benzene rings is 2. The molecule has 0 saturated heterocycles. The van der Waals surface area contributed by atoms with Gasteiger partial charge in [0.2, 0.25) is 0 Å². The summed E-state index contributed by atoms with van der Waals surface area (Å²) in [5.41, 5.74) is 2.38.